The van der Waals surface area contributed by atoms with Gasteiger partial charge in [-0.2, -0.15) is 0 Å². The van der Waals surface area contributed by atoms with Gasteiger partial charge in [0, 0.05) is 5.56 Å². The predicted octanol–water partition coefficient (Wildman–Crippen LogP) is 4.72. The molecule has 0 bridgehead atoms. The van der Waals surface area contributed by atoms with E-state index in [1.54, 1.807) is 29.8 Å². The maximum atomic E-state index is 5.38. The summed E-state index contributed by atoms with van der Waals surface area (Å²) in [4.78, 5) is 4.71. The molecule has 0 fully saturated rings. The Morgan fingerprint density at radius 2 is 1.83 bits per heavy atom. The van der Waals surface area contributed by atoms with Crippen molar-refractivity contribution in [1.82, 2.24) is 15.2 Å². The van der Waals surface area contributed by atoms with Crippen LogP contribution in [0.1, 0.15) is 15.6 Å². The molecule has 0 saturated heterocycles. The molecular formula is C18H15N3OS2. The second-order valence-electron chi connectivity index (χ2n) is 5.41. The fraction of sp³-hybridized carbons (Fsp3) is 0.167. The highest BCUT2D eigenvalue weighted by molar-refractivity contribution is 7.19. The summed E-state index contributed by atoms with van der Waals surface area (Å²) in [5.74, 6) is 0.813. The maximum Gasteiger partial charge on any atom is 0.148 e. The smallest absolute Gasteiger partial charge is 0.148 e. The summed E-state index contributed by atoms with van der Waals surface area (Å²) >= 11 is 3.31. The van der Waals surface area contributed by atoms with Gasteiger partial charge in [-0.1, -0.05) is 41.7 Å². The standard InChI is InChI=1S/C18H15N3OS2/c1-11-6-3-4-7-12(11)18-21-20-16(24-18)10-15-19-17-13(22-2)8-5-9-14(17)23-15/h3-9H,10H2,1-2H3. The molecule has 0 unspecified atom stereocenters. The SMILES string of the molecule is COc1cccc2sc(Cc3nnc(-c4ccccc4C)s3)nc12. The van der Waals surface area contributed by atoms with E-state index in [0.717, 1.165) is 36.6 Å². The Hall–Kier alpha value is -2.31. The van der Waals surface area contributed by atoms with Crippen LogP contribution < -0.4 is 4.74 Å². The molecule has 6 heteroatoms. The summed E-state index contributed by atoms with van der Waals surface area (Å²) in [5.41, 5.74) is 3.28. The normalized spacial score (nSPS) is 11.1. The minimum Gasteiger partial charge on any atom is -0.494 e. The number of fused-ring (bicyclic) bond motifs is 1. The summed E-state index contributed by atoms with van der Waals surface area (Å²) in [6.45, 7) is 2.09. The van der Waals surface area contributed by atoms with Crippen molar-refractivity contribution in [1.29, 1.82) is 0 Å². The van der Waals surface area contributed by atoms with Crippen molar-refractivity contribution in [3.8, 4) is 16.3 Å². The number of aryl methyl sites for hydroxylation is 1. The number of ether oxygens (including phenoxy) is 1. The van der Waals surface area contributed by atoms with Crippen molar-refractivity contribution in [2.75, 3.05) is 7.11 Å². The van der Waals surface area contributed by atoms with Gasteiger partial charge in [0.25, 0.3) is 0 Å². The Labute approximate surface area is 147 Å². The van der Waals surface area contributed by atoms with Crippen LogP contribution in [0.25, 0.3) is 20.8 Å². The Bertz CT molecular complexity index is 1010. The molecule has 0 saturated carbocycles. The van der Waals surface area contributed by atoms with Gasteiger partial charge in [0.05, 0.1) is 18.2 Å². The maximum absolute atomic E-state index is 5.38. The van der Waals surface area contributed by atoms with Gasteiger partial charge in [-0.15, -0.1) is 21.5 Å². The average Bonchev–Trinajstić information content (AvgIpc) is 3.21. The molecule has 0 aliphatic heterocycles. The van der Waals surface area contributed by atoms with E-state index in [1.165, 1.54) is 5.56 Å². The number of hydrogen-bond acceptors (Lipinski definition) is 6. The van der Waals surface area contributed by atoms with Crippen molar-refractivity contribution < 1.29 is 4.74 Å². The molecule has 2 heterocycles. The second-order valence-corrected chi connectivity index (χ2v) is 7.58. The monoisotopic (exact) mass is 353 g/mol. The number of aromatic nitrogens is 3. The molecule has 2 aromatic carbocycles. The molecule has 0 spiro atoms. The molecule has 0 aliphatic rings. The third-order valence-electron chi connectivity index (χ3n) is 3.79. The highest BCUT2D eigenvalue weighted by Gasteiger charge is 2.13. The van der Waals surface area contributed by atoms with Crippen LogP contribution in [0.4, 0.5) is 0 Å². The van der Waals surface area contributed by atoms with E-state index < -0.39 is 0 Å². The van der Waals surface area contributed by atoms with Gasteiger partial charge in [0.2, 0.25) is 0 Å². The molecule has 0 radical (unpaired) electrons. The van der Waals surface area contributed by atoms with E-state index in [4.69, 9.17) is 9.72 Å². The lowest BCUT2D eigenvalue weighted by atomic mass is 10.1. The van der Waals surface area contributed by atoms with E-state index in [2.05, 4.69) is 35.3 Å². The zero-order valence-electron chi connectivity index (χ0n) is 13.3. The Kier molecular flexibility index (Phi) is 4.00. The number of rotatable bonds is 4. The first kappa shape index (κ1) is 15.2. The third kappa shape index (κ3) is 2.79. The summed E-state index contributed by atoms with van der Waals surface area (Å²) in [6, 6.07) is 14.2. The lowest BCUT2D eigenvalue weighted by molar-refractivity contribution is 0.419. The van der Waals surface area contributed by atoms with Crippen molar-refractivity contribution in [3.63, 3.8) is 0 Å². The first-order valence-corrected chi connectivity index (χ1v) is 9.18. The highest BCUT2D eigenvalue weighted by Crippen LogP contribution is 2.32. The summed E-state index contributed by atoms with van der Waals surface area (Å²) < 4.78 is 6.52. The molecule has 0 amide bonds. The third-order valence-corrected chi connectivity index (χ3v) is 5.77. The summed E-state index contributed by atoms with van der Waals surface area (Å²) in [7, 11) is 1.67. The van der Waals surface area contributed by atoms with Crippen LogP contribution >= 0.6 is 22.7 Å². The topological polar surface area (TPSA) is 47.9 Å². The van der Waals surface area contributed by atoms with Gasteiger partial charge in [-0.3, -0.25) is 0 Å². The van der Waals surface area contributed by atoms with Crippen LogP contribution in [0, 0.1) is 6.92 Å². The fourth-order valence-corrected chi connectivity index (χ4v) is 4.60. The number of benzene rings is 2. The van der Waals surface area contributed by atoms with Crippen LogP contribution in [0.3, 0.4) is 0 Å². The van der Waals surface area contributed by atoms with Crippen molar-refractivity contribution in [2.45, 2.75) is 13.3 Å². The highest BCUT2D eigenvalue weighted by atomic mass is 32.1. The van der Waals surface area contributed by atoms with Crippen LogP contribution in [0.2, 0.25) is 0 Å². The largest absolute Gasteiger partial charge is 0.494 e. The van der Waals surface area contributed by atoms with Gasteiger partial charge in [-0.25, -0.2) is 4.98 Å². The quantitative estimate of drug-likeness (QED) is 0.532. The van der Waals surface area contributed by atoms with Crippen LogP contribution in [0.15, 0.2) is 42.5 Å². The van der Waals surface area contributed by atoms with Gasteiger partial charge in [0.1, 0.15) is 26.3 Å². The van der Waals surface area contributed by atoms with Gasteiger partial charge in [-0.05, 0) is 24.6 Å². The molecule has 4 nitrogen and oxygen atoms in total. The Morgan fingerprint density at radius 3 is 2.67 bits per heavy atom. The first-order chi connectivity index (χ1) is 11.7. The van der Waals surface area contributed by atoms with Crippen LogP contribution in [-0.2, 0) is 6.42 Å². The van der Waals surface area contributed by atoms with Crippen molar-refractivity contribution in [2.24, 2.45) is 0 Å². The van der Waals surface area contributed by atoms with Crippen molar-refractivity contribution in [3.05, 3.63) is 58.0 Å². The predicted molar refractivity (Wildman–Crippen MR) is 99.1 cm³/mol. The van der Waals surface area contributed by atoms with E-state index >= 15 is 0 Å². The number of thiazole rings is 1. The molecule has 0 atom stereocenters. The van der Waals surface area contributed by atoms with Gasteiger partial charge >= 0.3 is 0 Å². The van der Waals surface area contributed by atoms with Gasteiger partial charge in [0.15, 0.2) is 0 Å². The molecule has 2 aromatic heterocycles. The van der Waals surface area contributed by atoms with Crippen LogP contribution in [0.5, 0.6) is 5.75 Å². The van der Waals surface area contributed by atoms with E-state index in [-0.39, 0.29) is 0 Å². The molecule has 0 N–H and O–H groups in total. The van der Waals surface area contributed by atoms with E-state index in [9.17, 15) is 0 Å². The van der Waals surface area contributed by atoms with Gasteiger partial charge < -0.3 is 4.74 Å². The van der Waals surface area contributed by atoms with E-state index in [0.29, 0.717) is 6.42 Å². The molecule has 0 aliphatic carbocycles. The lowest BCUT2D eigenvalue weighted by Crippen LogP contribution is -1.87. The van der Waals surface area contributed by atoms with Crippen molar-refractivity contribution >= 4 is 32.9 Å². The molecule has 4 rings (SSSR count). The average molecular weight is 353 g/mol. The fourth-order valence-electron chi connectivity index (χ4n) is 2.59. The Balaban J connectivity index is 1.64. The second kappa shape index (κ2) is 6.30. The number of hydrogen-bond donors (Lipinski definition) is 0. The number of methoxy groups -OCH3 is 1. The minimum atomic E-state index is 0.700. The molecule has 4 aromatic rings. The van der Waals surface area contributed by atoms with Crippen LogP contribution in [-0.4, -0.2) is 22.3 Å². The molecule has 24 heavy (non-hydrogen) atoms. The Morgan fingerprint density at radius 1 is 0.958 bits per heavy atom. The number of nitrogens with zero attached hydrogens (tertiary/aromatic N) is 3. The minimum absolute atomic E-state index is 0.700. The first-order valence-electron chi connectivity index (χ1n) is 7.55. The summed E-state index contributed by atoms with van der Waals surface area (Å²) in [5, 5.41) is 11.7. The molecular weight excluding hydrogens is 338 g/mol. The number of para-hydroxylation sites is 1. The zero-order valence-corrected chi connectivity index (χ0v) is 14.9. The lowest BCUT2D eigenvalue weighted by Gasteiger charge is -1.98. The van der Waals surface area contributed by atoms with E-state index in [1.807, 2.05) is 24.3 Å². The summed E-state index contributed by atoms with van der Waals surface area (Å²) in [6.07, 6.45) is 0.700. The zero-order chi connectivity index (χ0) is 16.5. The molecule has 120 valence electrons.